The number of pyridine rings is 1. The third kappa shape index (κ3) is 5.35. The van der Waals surface area contributed by atoms with Crippen LogP contribution in [0.4, 0.5) is 0 Å². The predicted octanol–water partition coefficient (Wildman–Crippen LogP) is 2.03. The van der Waals surface area contributed by atoms with Crippen molar-refractivity contribution in [3.63, 3.8) is 0 Å². The summed E-state index contributed by atoms with van der Waals surface area (Å²) in [6, 6.07) is 1.99. The Morgan fingerprint density at radius 3 is 2.89 bits per heavy atom. The van der Waals surface area contributed by atoms with E-state index in [4.69, 9.17) is 14.6 Å². The molecule has 0 aliphatic heterocycles. The lowest BCUT2D eigenvalue weighted by Crippen LogP contribution is -2.03. The van der Waals surface area contributed by atoms with E-state index in [0.717, 1.165) is 30.0 Å². The molecule has 1 rings (SSSR count). The van der Waals surface area contributed by atoms with Crippen LogP contribution in [0.25, 0.3) is 0 Å². The third-order valence-corrected chi connectivity index (χ3v) is 3.78. The van der Waals surface area contributed by atoms with Crippen LogP contribution in [-0.4, -0.2) is 42.8 Å². The lowest BCUT2D eigenvalue weighted by Gasteiger charge is -2.08. The minimum Gasteiger partial charge on any atom is -0.390 e. The van der Waals surface area contributed by atoms with Crippen molar-refractivity contribution in [3.05, 3.63) is 23.5 Å². The minimum absolute atomic E-state index is 0.000359. The highest BCUT2D eigenvalue weighted by atomic mass is 32.2. The predicted molar refractivity (Wildman–Crippen MR) is 72.9 cm³/mol. The zero-order valence-electron chi connectivity index (χ0n) is 11.0. The Morgan fingerprint density at radius 1 is 1.33 bits per heavy atom. The van der Waals surface area contributed by atoms with Crippen molar-refractivity contribution >= 4 is 11.8 Å². The van der Waals surface area contributed by atoms with Gasteiger partial charge in [-0.1, -0.05) is 0 Å². The van der Waals surface area contributed by atoms with Crippen LogP contribution in [0.15, 0.2) is 17.2 Å². The van der Waals surface area contributed by atoms with Gasteiger partial charge in [-0.15, -0.1) is 11.8 Å². The van der Waals surface area contributed by atoms with Gasteiger partial charge in [0, 0.05) is 30.6 Å². The van der Waals surface area contributed by atoms with Gasteiger partial charge in [-0.2, -0.15) is 0 Å². The van der Waals surface area contributed by atoms with Gasteiger partial charge in [0.25, 0.3) is 0 Å². The molecule has 0 aromatic carbocycles. The number of nitrogens with zero attached hydrogens (tertiary/aromatic N) is 1. The summed E-state index contributed by atoms with van der Waals surface area (Å²) in [5, 5.41) is 9.13. The Bertz CT molecular complexity index is 347. The van der Waals surface area contributed by atoms with Crippen molar-refractivity contribution in [1.82, 2.24) is 4.98 Å². The normalized spacial score (nSPS) is 10.8. The van der Waals surface area contributed by atoms with E-state index >= 15 is 0 Å². The number of aromatic nitrogens is 1. The van der Waals surface area contributed by atoms with Gasteiger partial charge in [0.2, 0.25) is 0 Å². The van der Waals surface area contributed by atoms with Crippen molar-refractivity contribution < 1.29 is 14.6 Å². The zero-order chi connectivity index (χ0) is 13.2. The average molecular weight is 271 g/mol. The number of thioether (sulfide) groups is 1. The first-order valence-electron chi connectivity index (χ1n) is 6.04. The van der Waals surface area contributed by atoms with Gasteiger partial charge in [-0.3, -0.25) is 4.98 Å². The smallest absolute Gasteiger partial charge is 0.0856 e. The molecule has 0 radical (unpaired) electrons. The summed E-state index contributed by atoms with van der Waals surface area (Å²) in [6.07, 6.45) is 2.75. The van der Waals surface area contributed by atoms with E-state index in [0.29, 0.717) is 13.2 Å². The molecule has 0 saturated heterocycles. The molecule has 1 N–H and O–H groups in total. The monoisotopic (exact) mass is 271 g/mol. The first-order valence-corrected chi connectivity index (χ1v) is 7.03. The molecule has 1 aromatic heterocycles. The highest BCUT2D eigenvalue weighted by Crippen LogP contribution is 2.24. The minimum atomic E-state index is 0.000359. The number of ether oxygens (including phenoxy) is 2. The molecule has 102 valence electrons. The molecule has 4 nitrogen and oxygen atoms in total. The first-order chi connectivity index (χ1) is 8.79. The topological polar surface area (TPSA) is 51.6 Å². The summed E-state index contributed by atoms with van der Waals surface area (Å²) in [6.45, 7) is 4.06. The molecule has 0 amide bonds. The van der Waals surface area contributed by atoms with Crippen molar-refractivity contribution in [2.24, 2.45) is 0 Å². The summed E-state index contributed by atoms with van der Waals surface area (Å²) < 4.78 is 10.3. The van der Waals surface area contributed by atoms with Crippen LogP contribution < -0.4 is 0 Å². The molecular formula is C13H21NO3S. The average Bonchev–Trinajstić information content (AvgIpc) is 2.39. The van der Waals surface area contributed by atoms with E-state index < -0.39 is 0 Å². The van der Waals surface area contributed by atoms with Gasteiger partial charge in [-0.25, -0.2) is 0 Å². The number of aliphatic hydroxyl groups is 1. The van der Waals surface area contributed by atoms with E-state index in [1.807, 2.05) is 13.0 Å². The summed E-state index contributed by atoms with van der Waals surface area (Å²) in [5.74, 6) is 1.00. The Labute approximate surface area is 113 Å². The second kappa shape index (κ2) is 9.33. The molecule has 0 bridgehead atoms. The van der Waals surface area contributed by atoms with Gasteiger partial charge in [-0.05, 0) is 25.0 Å². The summed E-state index contributed by atoms with van der Waals surface area (Å²) in [7, 11) is 1.67. The molecule has 0 aliphatic rings. The van der Waals surface area contributed by atoms with E-state index in [9.17, 15) is 0 Å². The largest absolute Gasteiger partial charge is 0.390 e. The van der Waals surface area contributed by atoms with E-state index in [1.165, 1.54) is 4.90 Å². The maximum absolute atomic E-state index is 9.13. The van der Waals surface area contributed by atoms with Gasteiger partial charge in [0.05, 0.1) is 25.5 Å². The van der Waals surface area contributed by atoms with E-state index in [1.54, 1.807) is 25.1 Å². The molecule has 18 heavy (non-hydrogen) atoms. The molecular weight excluding hydrogens is 250 g/mol. The van der Waals surface area contributed by atoms with Crippen LogP contribution in [0, 0.1) is 6.92 Å². The Balaban J connectivity index is 2.23. The standard InChI is InChI=1S/C13H21NO3S/c1-11-12(10-15)14-5-4-13(11)18-9-3-6-17-8-7-16-2/h4-5,15H,3,6-10H2,1-2H3. The molecule has 0 fully saturated rings. The summed E-state index contributed by atoms with van der Waals surface area (Å²) >= 11 is 1.78. The van der Waals surface area contributed by atoms with Gasteiger partial charge in [0.1, 0.15) is 0 Å². The number of hydrogen-bond donors (Lipinski definition) is 1. The van der Waals surface area contributed by atoms with Crippen molar-refractivity contribution in [2.75, 3.05) is 32.7 Å². The van der Waals surface area contributed by atoms with Crippen molar-refractivity contribution in [3.8, 4) is 0 Å². The molecule has 0 saturated carbocycles. The zero-order valence-corrected chi connectivity index (χ0v) is 11.8. The molecule has 0 aliphatic carbocycles. The Hall–Kier alpha value is -0.620. The molecule has 0 unspecified atom stereocenters. The van der Waals surface area contributed by atoms with Crippen LogP contribution >= 0.6 is 11.8 Å². The third-order valence-electron chi connectivity index (χ3n) is 2.53. The maximum atomic E-state index is 9.13. The quantitative estimate of drug-likeness (QED) is 0.550. The van der Waals surface area contributed by atoms with Crippen molar-refractivity contribution in [2.45, 2.75) is 24.8 Å². The highest BCUT2D eigenvalue weighted by Gasteiger charge is 2.04. The Kier molecular flexibility index (Phi) is 8.00. The van der Waals surface area contributed by atoms with Crippen LogP contribution in [-0.2, 0) is 16.1 Å². The molecule has 5 heteroatoms. The highest BCUT2D eigenvalue weighted by molar-refractivity contribution is 7.99. The molecule has 0 spiro atoms. The van der Waals surface area contributed by atoms with Gasteiger partial charge < -0.3 is 14.6 Å². The molecule has 1 aromatic rings. The van der Waals surface area contributed by atoms with E-state index in [2.05, 4.69) is 4.98 Å². The summed E-state index contributed by atoms with van der Waals surface area (Å²) in [5.41, 5.74) is 1.83. The fourth-order valence-corrected chi connectivity index (χ4v) is 2.44. The summed E-state index contributed by atoms with van der Waals surface area (Å²) in [4.78, 5) is 5.32. The van der Waals surface area contributed by atoms with Crippen LogP contribution in [0.3, 0.4) is 0 Å². The fraction of sp³-hybridized carbons (Fsp3) is 0.615. The first kappa shape index (κ1) is 15.4. The van der Waals surface area contributed by atoms with Crippen LogP contribution in [0.2, 0.25) is 0 Å². The lowest BCUT2D eigenvalue weighted by atomic mass is 10.2. The van der Waals surface area contributed by atoms with Crippen LogP contribution in [0.5, 0.6) is 0 Å². The van der Waals surface area contributed by atoms with E-state index in [-0.39, 0.29) is 6.61 Å². The SMILES string of the molecule is COCCOCCCSc1ccnc(CO)c1C. The Morgan fingerprint density at radius 2 is 2.17 bits per heavy atom. The van der Waals surface area contributed by atoms with Crippen molar-refractivity contribution in [1.29, 1.82) is 0 Å². The molecule has 1 heterocycles. The lowest BCUT2D eigenvalue weighted by molar-refractivity contribution is 0.0713. The second-order valence-electron chi connectivity index (χ2n) is 3.85. The fourth-order valence-electron chi connectivity index (χ4n) is 1.46. The van der Waals surface area contributed by atoms with Gasteiger partial charge in [0.15, 0.2) is 0 Å². The van der Waals surface area contributed by atoms with Crippen LogP contribution in [0.1, 0.15) is 17.7 Å². The number of aliphatic hydroxyl groups excluding tert-OH is 1. The number of methoxy groups -OCH3 is 1. The number of rotatable bonds is 9. The van der Waals surface area contributed by atoms with Gasteiger partial charge >= 0.3 is 0 Å². The maximum Gasteiger partial charge on any atom is 0.0856 e. The molecule has 0 atom stereocenters. The second-order valence-corrected chi connectivity index (χ2v) is 4.98. The number of hydrogen-bond acceptors (Lipinski definition) is 5.